The highest BCUT2D eigenvalue weighted by atomic mass is 32.2. The van der Waals surface area contributed by atoms with Crippen LogP contribution < -0.4 is 10.6 Å². The highest BCUT2D eigenvalue weighted by Crippen LogP contribution is 2.25. The normalized spacial score (nSPS) is 12.0. The Balaban J connectivity index is 1.66. The zero-order valence-corrected chi connectivity index (χ0v) is 20.8. The fourth-order valence-electron chi connectivity index (χ4n) is 3.41. The topological polar surface area (TPSA) is 88.9 Å². The van der Waals surface area contributed by atoms with Crippen LogP contribution >= 0.6 is 11.8 Å². The third kappa shape index (κ3) is 6.22. The summed E-state index contributed by atoms with van der Waals surface area (Å²) in [5.74, 6) is 0.708. The van der Waals surface area contributed by atoms with Crippen LogP contribution in [-0.2, 0) is 11.8 Å². The molecule has 3 aromatic rings. The van der Waals surface area contributed by atoms with Gasteiger partial charge in [-0.25, -0.2) is 0 Å². The second-order valence-electron chi connectivity index (χ2n) is 8.60. The Morgan fingerprint density at radius 1 is 1.03 bits per heavy atom. The van der Waals surface area contributed by atoms with E-state index in [4.69, 9.17) is 0 Å². The molecule has 0 spiro atoms. The summed E-state index contributed by atoms with van der Waals surface area (Å²) in [6.45, 7) is 10.1. The van der Waals surface area contributed by atoms with Gasteiger partial charge >= 0.3 is 0 Å². The number of anilines is 1. The lowest BCUT2D eigenvalue weighted by Gasteiger charge is -2.21. The molecule has 8 heteroatoms. The Morgan fingerprint density at radius 2 is 1.79 bits per heavy atom. The van der Waals surface area contributed by atoms with Crippen LogP contribution in [0.2, 0.25) is 0 Å². The standard InChI is InChI=1S/C25H31N5O2S/c1-15(2)22(27-24(32)19-9-7-8-16(3)12-19)23-28-29-25(30(23)6)33-14-21(31)26-20-11-10-17(4)18(5)13-20/h7-13,15,22H,14H2,1-6H3,(H,26,31)(H,27,32)/t22-/m1/s1. The second kappa shape index (κ2) is 10.7. The van der Waals surface area contributed by atoms with Crippen molar-refractivity contribution in [3.8, 4) is 0 Å². The third-order valence-electron chi connectivity index (χ3n) is 5.50. The molecule has 2 N–H and O–H groups in total. The SMILES string of the molecule is Cc1cccc(C(=O)N[C@@H](c2nnc(SCC(=O)Nc3ccc(C)c(C)c3)n2C)C(C)C)c1. The Morgan fingerprint density at radius 3 is 2.45 bits per heavy atom. The first-order valence-corrected chi connectivity index (χ1v) is 11.9. The summed E-state index contributed by atoms with van der Waals surface area (Å²) >= 11 is 1.31. The minimum absolute atomic E-state index is 0.104. The molecule has 0 saturated carbocycles. The summed E-state index contributed by atoms with van der Waals surface area (Å²) in [6, 6.07) is 13.0. The molecule has 1 atom stereocenters. The first-order chi connectivity index (χ1) is 15.7. The van der Waals surface area contributed by atoms with Gasteiger partial charge < -0.3 is 15.2 Å². The molecule has 33 heavy (non-hydrogen) atoms. The van der Waals surface area contributed by atoms with Gasteiger partial charge in [0.05, 0.1) is 11.8 Å². The van der Waals surface area contributed by atoms with E-state index >= 15 is 0 Å². The van der Waals surface area contributed by atoms with E-state index < -0.39 is 0 Å². The summed E-state index contributed by atoms with van der Waals surface area (Å²) in [6.07, 6.45) is 0. The molecule has 0 radical (unpaired) electrons. The van der Waals surface area contributed by atoms with E-state index in [0.29, 0.717) is 16.5 Å². The molecule has 2 amide bonds. The van der Waals surface area contributed by atoms with Crippen molar-refractivity contribution in [1.29, 1.82) is 0 Å². The smallest absolute Gasteiger partial charge is 0.251 e. The minimum Gasteiger partial charge on any atom is -0.342 e. The van der Waals surface area contributed by atoms with Gasteiger partial charge in [0.25, 0.3) is 5.91 Å². The minimum atomic E-state index is -0.311. The fourth-order valence-corrected chi connectivity index (χ4v) is 4.13. The van der Waals surface area contributed by atoms with Gasteiger partial charge in [0.1, 0.15) is 0 Å². The monoisotopic (exact) mass is 465 g/mol. The summed E-state index contributed by atoms with van der Waals surface area (Å²) in [7, 11) is 1.85. The van der Waals surface area contributed by atoms with Crippen LogP contribution in [0.4, 0.5) is 5.69 Å². The van der Waals surface area contributed by atoms with E-state index in [-0.39, 0.29) is 29.5 Å². The Bertz CT molecular complexity index is 1160. The number of nitrogens with one attached hydrogen (secondary N) is 2. The van der Waals surface area contributed by atoms with Crippen molar-refractivity contribution in [2.45, 2.75) is 45.8 Å². The van der Waals surface area contributed by atoms with E-state index in [2.05, 4.69) is 20.8 Å². The van der Waals surface area contributed by atoms with Gasteiger partial charge in [-0.15, -0.1) is 10.2 Å². The lowest BCUT2D eigenvalue weighted by Crippen LogP contribution is -2.33. The zero-order valence-electron chi connectivity index (χ0n) is 20.0. The van der Waals surface area contributed by atoms with Crippen molar-refractivity contribution in [2.24, 2.45) is 13.0 Å². The molecule has 0 aliphatic carbocycles. The van der Waals surface area contributed by atoms with Crippen LogP contribution in [0, 0.1) is 26.7 Å². The van der Waals surface area contributed by atoms with Gasteiger partial charge in [-0.2, -0.15) is 0 Å². The van der Waals surface area contributed by atoms with Crippen molar-refractivity contribution < 1.29 is 9.59 Å². The van der Waals surface area contributed by atoms with E-state index in [9.17, 15) is 9.59 Å². The van der Waals surface area contributed by atoms with Crippen LogP contribution in [0.1, 0.15) is 52.8 Å². The van der Waals surface area contributed by atoms with Crippen LogP contribution in [0.3, 0.4) is 0 Å². The lowest BCUT2D eigenvalue weighted by molar-refractivity contribution is -0.113. The number of hydrogen-bond donors (Lipinski definition) is 2. The van der Waals surface area contributed by atoms with Crippen LogP contribution in [-0.4, -0.2) is 32.3 Å². The Labute approximate surface area is 199 Å². The largest absolute Gasteiger partial charge is 0.342 e. The van der Waals surface area contributed by atoms with Crippen molar-refractivity contribution in [1.82, 2.24) is 20.1 Å². The third-order valence-corrected chi connectivity index (χ3v) is 6.52. The number of carbonyl (C=O) groups excluding carboxylic acids is 2. The van der Waals surface area contributed by atoms with E-state index in [1.807, 2.05) is 82.6 Å². The van der Waals surface area contributed by atoms with Crippen LogP contribution in [0.25, 0.3) is 0 Å². The zero-order chi connectivity index (χ0) is 24.1. The number of carbonyl (C=O) groups is 2. The molecule has 0 bridgehead atoms. The molecule has 0 aliphatic rings. The Hall–Kier alpha value is -3.13. The summed E-state index contributed by atoms with van der Waals surface area (Å²) in [5.41, 5.74) is 4.73. The first kappa shape index (κ1) is 24.5. The summed E-state index contributed by atoms with van der Waals surface area (Å²) in [4.78, 5) is 25.2. The van der Waals surface area contributed by atoms with Gasteiger partial charge in [0.2, 0.25) is 5.91 Å². The van der Waals surface area contributed by atoms with Gasteiger partial charge in [0.15, 0.2) is 11.0 Å². The lowest BCUT2D eigenvalue weighted by atomic mass is 10.0. The van der Waals surface area contributed by atoms with Crippen molar-refractivity contribution >= 4 is 29.3 Å². The number of aromatic nitrogens is 3. The Kier molecular flexibility index (Phi) is 7.92. The summed E-state index contributed by atoms with van der Waals surface area (Å²) < 4.78 is 1.84. The molecule has 0 aliphatic heterocycles. The fraction of sp³-hybridized carbons (Fsp3) is 0.360. The van der Waals surface area contributed by atoms with Crippen LogP contribution in [0.15, 0.2) is 47.6 Å². The number of thioether (sulfide) groups is 1. The maximum atomic E-state index is 12.8. The molecule has 7 nitrogen and oxygen atoms in total. The molecule has 1 heterocycles. The average Bonchev–Trinajstić information content (AvgIpc) is 3.12. The number of amides is 2. The molecular weight excluding hydrogens is 434 g/mol. The predicted octanol–water partition coefficient (Wildman–Crippen LogP) is 4.60. The maximum absolute atomic E-state index is 12.8. The molecule has 174 valence electrons. The number of benzene rings is 2. The number of rotatable bonds is 8. The summed E-state index contributed by atoms with van der Waals surface area (Å²) in [5, 5.41) is 15.2. The highest BCUT2D eigenvalue weighted by molar-refractivity contribution is 7.99. The van der Waals surface area contributed by atoms with Crippen LogP contribution in [0.5, 0.6) is 0 Å². The molecule has 1 aromatic heterocycles. The maximum Gasteiger partial charge on any atom is 0.251 e. The molecule has 0 saturated heterocycles. The molecule has 0 fully saturated rings. The first-order valence-electron chi connectivity index (χ1n) is 10.9. The number of hydrogen-bond acceptors (Lipinski definition) is 5. The van der Waals surface area contributed by atoms with E-state index in [1.165, 1.54) is 17.3 Å². The number of nitrogens with zero attached hydrogens (tertiary/aromatic N) is 3. The molecule has 3 rings (SSSR count). The van der Waals surface area contributed by atoms with Gasteiger partial charge in [-0.3, -0.25) is 9.59 Å². The highest BCUT2D eigenvalue weighted by Gasteiger charge is 2.25. The van der Waals surface area contributed by atoms with E-state index in [0.717, 1.165) is 16.8 Å². The number of aryl methyl sites for hydroxylation is 3. The molecular formula is C25H31N5O2S. The molecule has 0 unspecified atom stereocenters. The molecule has 2 aromatic carbocycles. The van der Waals surface area contributed by atoms with Crippen molar-refractivity contribution in [3.05, 3.63) is 70.5 Å². The van der Waals surface area contributed by atoms with Gasteiger partial charge in [-0.05, 0) is 62.1 Å². The average molecular weight is 466 g/mol. The van der Waals surface area contributed by atoms with Gasteiger partial charge in [-0.1, -0.05) is 49.4 Å². The van der Waals surface area contributed by atoms with Crippen molar-refractivity contribution in [3.63, 3.8) is 0 Å². The second-order valence-corrected chi connectivity index (χ2v) is 9.54. The van der Waals surface area contributed by atoms with E-state index in [1.54, 1.807) is 6.07 Å². The van der Waals surface area contributed by atoms with Crippen molar-refractivity contribution in [2.75, 3.05) is 11.1 Å². The quantitative estimate of drug-likeness (QED) is 0.475. The van der Waals surface area contributed by atoms with Gasteiger partial charge in [0, 0.05) is 18.3 Å². The predicted molar refractivity (Wildman–Crippen MR) is 132 cm³/mol.